The molecular weight excluding hydrogens is 298 g/mol. The molecule has 0 N–H and O–H groups in total. The number of rotatable bonds is 4. The van der Waals surface area contributed by atoms with Crippen molar-refractivity contribution in [1.29, 1.82) is 0 Å². The van der Waals surface area contributed by atoms with E-state index in [4.69, 9.17) is 16.3 Å². The van der Waals surface area contributed by atoms with E-state index in [0.717, 1.165) is 21.7 Å². The van der Waals surface area contributed by atoms with Crippen LogP contribution in [0.2, 0.25) is 0 Å². The minimum absolute atomic E-state index is 0.518. The van der Waals surface area contributed by atoms with Gasteiger partial charge in [0.15, 0.2) is 0 Å². The Bertz CT molecular complexity index is 744. The predicted octanol–water partition coefficient (Wildman–Crippen LogP) is 4.99. The third kappa shape index (κ3) is 2.48. The van der Waals surface area contributed by atoms with Gasteiger partial charge in [-0.15, -0.1) is 34.3 Å². The number of ether oxygens (including phenoxy) is 1. The fraction of sp³-hybridized carbons (Fsp3) is 0.214. The van der Waals surface area contributed by atoms with Crippen molar-refractivity contribution in [3.05, 3.63) is 34.7 Å². The van der Waals surface area contributed by atoms with E-state index in [1.165, 1.54) is 9.40 Å². The highest BCUT2D eigenvalue weighted by atomic mass is 35.5. The van der Waals surface area contributed by atoms with Gasteiger partial charge in [0.2, 0.25) is 0 Å². The van der Waals surface area contributed by atoms with Gasteiger partial charge in [-0.05, 0) is 18.4 Å². The lowest BCUT2D eigenvalue weighted by atomic mass is 10.2. The Morgan fingerprint density at radius 1 is 1.42 bits per heavy atom. The molecule has 19 heavy (non-hydrogen) atoms. The van der Waals surface area contributed by atoms with Gasteiger partial charge in [-0.3, -0.25) is 0 Å². The average Bonchev–Trinajstić information content (AvgIpc) is 2.99. The average molecular weight is 310 g/mol. The van der Waals surface area contributed by atoms with Gasteiger partial charge in [-0.2, -0.15) is 0 Å². The Labute approximate surface area is 124 Å². The second-order valence-electron chi connectivity index (χ2n) is 4.05. The Hall–Kier alpha value is -1.10. The lowest BCUT2D eigenvalue weighted by Gasteiger charge is -2.05. The Kier molecular flexibility index (Phi) is 3.73. The number of benzene rings is 1. The summed E-state index contributed by atoms with van der Waals surface area (Å²) in [7, 11) is 0. The third-order valence-electron chi connectivity index (χ3n) is 2.76. The molecular formula is C14H12ClNOS2. The van der Waals surface area contributed by atoms with E-state index in [-0.39, 0.29) is 0 Å². The van der Waals surface area contributed by atoms with Gasteiger partial charge in [0.25, 0.3) is 0 Å². The molecule has 0 radical (unpaired) electrons. The number of aromatic nitrogens is 1. The van der Waals surface area contributed by atoms with Gasteiger partial charge in [0.1, 0.15) is 12.4 Å². The third-order valence-corrected chi connectivity index (χ3v) is 4.78. The fourth-order valence-corrected chi connectivity index (χ4v) is 3.93. The summed E-state index contributed by atoms with van der Waals surface area (Å²) in [5.41, 5.74) is 1.09. The number of hydrogen-bond acceptors (Lipinski definition) is 4. The molecule has 2 aromatic heterocycles. The largest absolute Gasteiger partial charge is 0.489 e. The highest BCUT2D eigenvalue weighted by Crippen LogP contribution is 2.38. The molecule has 0 aliphatic rings. The molecule has 0 fully saturated rings. The van der Waals surface area contributed by atoms with Crippen LogP contribution in [0.25, 0.3) is 20.3 Å². The van der Waals surface area contributed by atoms with Crippen LogP contribution in [-0.4, -0.2) is 17.5 Å². The van der Waals surface area contributed by atoms with E-state index in [1.54, 1.807) is 22.7 Å². The van der Waals surface area contributed by atoms with E-state index < -0.39 is 0 Å². The highest BCUT2D eigenvalue weighted by Gasteiger charge is 2.11. The predicted molar refractivity (Wildman–Crippen MR) is 85.1 cm³/mol. The number of alkyl halides is 1. The summed E-state index contributed by atoms with van der Waals surface area (Å²) in [5.74, 6) is 1.44. The van der Waals surface area contributed by atoms with Crippen molar-refractivity contribution in [2.24, 2.45) is 0 Å². The van der Waals surface area contributed by atoms with E-state index in [2.05, 4.69) is 22.5 Å². The molecule has 0 saturated carbocycles. The number of hydrogen-bond donors (Lipinski definition) is 0. The van der Waals surface area contributed by atoms with Crippen LogP contribution in [0, 0.1) is 6.92 Å². The van der Waals surface area contributed by atoms with Crippen molar-refractivity contribution >= 4 is 54.6 Å². The van der Waals surface area contributed by atoms with E-state index >= 15 is 0 Å². The van der Waals surface area contributed by atoms with Gasteiger partial charge in [-0.1, -0.05) is 12.2 Å². The summed E-state index contributed by atoms with van der Waals surface area (Å²) in [5, 5.41) is 4.31. The molecule has 0 aliphatic heterocycles. The number of fused-ring (bicyclic) bond motifs is 3. The quantitative estimate of drug-likeness (QED) is 0.500. The van der Waals surface area contributed by atoms with Gasteiger partial charge < -0.3 is 4.74 Å². The molecule has 3 aromatic rings. The minimum atomic E-state index is 0.518. The van der Waals surface area contributed by atoms with Crippen LogP contribution >= 0.6 is 34.3 Å². The fourth-order valence-electron chi connectivity index (χ4n) is 1.98. The number of aryl methyl sites for hydroxylation is 1. The van der Waals surface area contributed by atoms with E-state index in [1.807, 2.05) is 19.1 Å². The van der Waals surface area contributed by atoms with Crippen LogP contribution in [0.15, 0.2) is 29.7 Å². The summed E-state index contributed by atoms with van der Waals surface area (Å²) in [6, 6.07) is 4.18. The Morgan fingerprint density at radius 3 is 3.16 bits per heavy atom. The van der Waals surface area contributed by atoms with Gasteiger partial charge in [0, 0.05) is 17.3 Å². The summed E-state index contributed by atoms with van der Waals surface area (Å²) >= 11 is 9.01. The number of allylic oxidation sites excluding steroid dienone is 1. The summed E-state index contributed by atoms with van der Waals surface area (Å²) in [6.07, 6.45) is 3.83. The smallest absolute Gasteiger partial charge is 0.130 e. The zero-order valence-corrected chi connectivity index (χ0v) is 12.7. The van der Waals surface area contributed by atoms with Gasteiger partial charge >= 0.3 is 0 Å². The zero-order valence-electron chi connectivity index (χ0n) is 10.4. The van der Waals surface area contributed by atoms with Crippen LogP contribution in [-0.2, 0) is 0 Å². The number of halogens is 1. The van der Waals surface area contributed by atoms with Crippen molar-refractivity contribution in [3.8, 4) is 5.75 Å². The zero-order chi connectivity index (χ0) is 13.2. The first-order chi connectivity index (χ1) is 9.29. The second kappa shape index (κ2) is 5.49. The molecule has 0 atom stereocenters. The van der Waals surface area contributed by atoms with Crippen molar-refractivity contribution in [2.75, 3.05) is 12.5 Å². The maximum Gasteiger partial charge on any atom is 0.130 e. The van der Waals surface area contributed by atoms with Gasteiger partial charge in [0.05, 0.1) is 19.9 Å². The molecule has 0 spiro atoms. The molecule has 0 saturated heterocycles. The second-order valence-corrected chi connectivity index (χ2v) is 6.51. The molecule has 3 rings (SSSR count). The topological polar surface area (TPSA) is 22.1 Å². The molecule has 2 nitrogen and oxygen atoms in total. The van der Waals surface area contributed by atoms with Crippen molar-refractivity contribution in [3.63, 3.8) is 0 Å². The highest BCUT2D eigenvalue weighted by molar-refractivity contribution is 7.21. The number of nitrogens with zero attached hydrogens (tertiary/aromatic N) is 1. The van der Waals surface area contributed by atoms with Crippen LogP contribution in [0.1, 0.15) is 5.01 Å². The SMILES string of the molecule is Cc1nc2c(cc(OCC=CCCl)c3ccsc32)s1. The summed E-state index contributed by atoms with van der Waals surface area (Å²) in [4.78, 5) is 4.61. The molecule has 1 aromatic carbocycles. The normalized spacial score (nSPS) is 11.9. The lowest BCUT2D eigenvalue weighted by Crippen LogP contribution is -1.93. The molecule has 0 bridgehead atoms. The molecule has 2 heterocycles. The Morgan fingerprint density at radius 2 is 2.32 bits per heavy atom. The van der Waals surface area contributed by atoms with Crippen molar-refractivity contribution in [1.82, 2.24) is 4.98 Å². The molecule has 98 valence electrons. The van der Waals surface area contributed by atoms with Crippen LogP contribution in [0.4, 0.5) is 0 Å². The molecule has 0 unspecified atom stereocenters. The van der Waals surface area contributed by atoms with Crippen molar-refractivity contribution < 1.29 is 4.74 Å². The first kappa shape index (κ1) is 12.9. The maximum atomic E-state index is 5.84. The minimum Gasteiger partial charge on any atom is -0.489 e. The monoisotopic (exact) mass is 309 g/mol. The number of thiazole rings is 1. The molecule has 5 heteroatoms. The molecule has 0 amide bonds. The van der Waals surface area contributed by atoms with Gasteiger partial charge in [-0.25, -0.2) is 4.98 Å². The first-order valence-electron chi connectivity index (χ1n) is 5.90. The van der Waals surface area contributed by atoms with Crippen LogP contribution < -0.4 is 4.74 Å². The summed E-state index contributed by atoms with van der Waals surface area (Å²) in [6.45, 7) is 2.58. The van der Waals surface area contributed by atoms with E-state index in [0.29, 0.717) is 12.5 Å². The van der Waals surface area contributed by atoms with Crippen molar-refractivity contribution in [2.45, 2.75) is 6.92 Å². The van der Waals surface area contributed by atoms with Crippen LogP contribution in [0.5, 0.6) is 5.75 Å². The lowest BCUT2D eigenvalue weighted by molar-refractivity contribution is 0.367. The standard InChI is InChI=1S/C14H12ClNOS2/c1-9-16-13-12(19-9)8-11(17-6-3-2-5-15)10-4-7-18-14(10)13/h2-4,7-8H,5-6H2,1H3. The molecule has 0 aliphatic carbocycles. The van der Waals surface area contributed by atoms with E-state index in [9.17, 15) is 0 Å². The maximum absolute atomic E-state index is 5.84. The Balaban J connectivity index is 2.05. The first-order valence-corrected chi connectivity index (χ1v) is 8.14. The number of thiophene rings is 1. The summed E-state index contributed by atoms with van der Waals surface area (Å²) < 4.78 is 8.23. The van der Waals surface area contributed by atoms with Crippen LogP contribution in [0.3, 0.4) is 0 Å².